The van der Waals surface area contributed by atoms with Crippen LogP contribution in [0.2, 0.25) is 0 Å². The molecule has 2 N–H and O–H groups in total. The first kappa shape index (κ1) is 17.4. The number of rotatable bonds is 5. The third-order valence-corrected chi connectivity index (χ3v) is 5.25. The van der Waals surface area contributed by atoms with Crippen LogP contribution in [0.4, 0.5) is 4.39 Å². The van der Waals surface area contributed by atoms with Gasteiger partial charge in [-0.05, 0) is 41.5 Å². The second kappa shape index (κ2) is 7.06. The lowest BCUT2D eigenvalue weighted by molar-refractivity contribution is -0.113. The lowest BCUT2D eigenvalue weighted by Gasteiger charge is -2.07. The van der Waals surface area contributed by atoms with Crippen molar-refractivity contribution in [3.8, 4) is 0 Å². The van der Waals surface area contributed by atoms with E-state index in [1.54, 1.807) is 24.3 Å². The second-order valence-electron chi connectivity index (χ2n) is 4.81. The quantitative estimate of drug-likeness (QED) is 0.787. The predicted molar refractivity (Wildman–Crippen MR) is 90.3 cm³/mol. The summed E-state index contributed by atoms with van der Waals surface area (Å²) >= 11 is 3.27. The molecule has 0 heterocycles. The zero-order chi connectivity index (χ0) is 17.0. The maximum Gasteiger partial charge on any atom is 0.260 e. The van der Waals surface area contributed by atoms with Crippen molar-refractivity contribution in [1.82, 2.24) is 0 Å². The Kier molecular flexibility index (Phi) is 5.33. The van der Waals surface area contributed by atoms with Crippen LogP contribution in [0.1, 0.15) is 11.1 Å². The molecule has 0 unspecified atom stereocenters. The summed E-state index contributed by atoms with van der Waals surface area (Å²) in [4.78, 5) is 11.1. The molecule has 0 aliphatic carbocycles. The number of primary amides is 1. The number of hydrogen-bond donors (Lipinski definition) is 1. The minimum absolute atomic E-state index is 0.370. The fourth-order valence-electron chi connectivity index (χ4n) is 1.90. The van der Waals surface area contributed by atoms with E-state index in [-0.39, 0.29) is 0 Å². The second-order valence-corrected chi connectivity index (χ2v) is 7.68. The van der Waals surface area contributed by atoms with Crippen LogP contribution in [0.25, 0.3) is 6.08 Å². The summed E-state index contributed by atoms with van der Waals surface area (Å²) in [5.74, 6) is -1.93. The predicted octanol–water partition coefficient (Wildman–Crippen LogP) is 3.03. The summed E-state index contributed by atoms with van der Waals surface area (Å²) in [5.41, 5.74) is 6.12. The van der Waals surface area contributed by atoms with Gasteiger partial charge in [0.05, 0.1) is 5.75 Å². The number of carbonyl (C=O) groups is 1. The van der Waals surface area contributed by atoms with Gasteiger partial charge in [0.25, 0.3) is 5.91 Å². The molecule has 7 heteroatoms. The smallest absolute Gasteiger partial charge is 0.260 e. The van der Waals surface area contributed by atoms with E-state index in [0.717, 1.165) is 16.6 Å². The van der Waals surface area contributed by atoms with Gasteiger partial charge in [-0.3, -0.25) is 4.79 Å². The Labute approximate surface area is 141 Å². The summed E-state index contributed by atoms with van der Waals surface area (Å²) in [6.07, 6.45) is 1.23. The number of hydrogen-bond acceptors (Lipinski definition) is 3. The monoisotopic (exact) mass is 397 g/mol. The van der Waals surface area contributed by atoms with Crippen LogP contribution in [-0.2, 0) is 20.4 Å². The first-order valence-electron chi connectivity index (χ1n) is 6.52. The first-order chi connectivity index (χ1) is 10.8. The molecule has 0 aliphatic heterocycles. The van der Waals surface area contributed by atoms with Gasteiger partial charge in [-0.2, -0.15) is 0 Å². The van der Waals surface area contributed by atoms with E-state index in [9.17, 15) is 17.6 Å². The van der Waals surface area contributed by atoms with E-state index in [2.05, 4.69) is 15.9 Å². The zero-order valence-corrected chi connectivity index (χ0v) is 14.3. The zero-order valence-electron chi connectivity index (χ0n) is 11.9. The van der Waals surface area contributed by atoms with Gasteiger partial charge in [0.15, 0.2) is 9.84 Å². The standard InChI is InChI=1S/C16H13BrFNO3S/c17-13-5-1-11(2-6-13)9-15(16(19)20)23(21,22)10-12-3-7-14(18)8-4-12/h1-9H,10H2,(H2,19,20)/b15-9+. The molecule has 0 radical (unpaired) electrons. The fourth-order valence-corrected chi connectivity index (χ4v) is 3.58. The highest BCUT2D eigenvalue weighted by Crippen LogP contribution is 2.19. The number of amides is 1. The highest BCUT2D eigenvalue weighted by molar-refractivity contribution is 9.10. The fraction of sp³-hybridized carbons (Fsp3) is 0.0625. The summed E-state index contributed by atoms with van der Waals surface area (Å²) in [6, 6.07) is 11.8. The van der Waals surface area contributed by atoms with Gasteiger partial charge in [-0.15, -0.1) is 0 Å². The van der Waals surface area contributed by atoms with Crippen LogP contribution >= 0.6 is 15.9 Å². The van der Waals surface area contributed by atoms with E-state index in [1.165, 1.54) is 18.2 Å². The molecule has 1 amide bonds. The maximum absolute atomic E-state index is 12.9. The Bertz CT molecular complexity index is 844. The third kappa shape index (κ3) is 4.74. The molecular weight excluding hydrogens is 385 g/mol. The minimum atomic E-state index is -3.94. The minimum Gasteiger partial charge on any atom is -0.365 e. The summed E-state index contributed by atoms with van der Waals surface area (Å²) in [7, 11) is -3.94. The van der Waals surface area contributed by atoms with Gasteiger partial charge in [-0.1, -0.05) is 40.2 Å². The van der Waals surface area contributed by atoms with Crippen LogP contribution in [0.15, 0.2) is 57.9 Å². The Morgan fingerprint density at radius 2 is 1.65 bits per heavy atom. The number of nitrogens with two attached hydrogens (primary N) is 1. The van der Waals surface area contributed by atoms with Crippen molar-refractivity contribution >= 4 is 37.8 Å². The van der Waals surface area contributed by atoms with Gasteiger partial charge in [0, 0.05) is 4.47 Å². The Hall–Kier alpha value is -1.99. The number of carbonyl (C=O) groups excluding carboxylic acids is 1. The van der Waals surface area contributed by atoms with Crippen LogP contribution in [0.3, 0.4) is 0 Å². The average molecular weight is 398 g/mol. The van der Waals surface area contributed by atoms with Crippen molar-refractivity contribution < 1.29 is 17.6 Å². The summed E-state index contributed by atoms with van der Waals surface area (Å²) < 4.78 is 38.6. The SMILES string of the molecule is NC(=O)/C(=C\c1ccc(Br)cc1)S(=O)(=O)Cc1ccc(F)cc1. The maximum atomic E-state index is 12.9. The molecule has 4 nitrogen and oxygen atoms in total. The van der Waals surface area contributed by atoms with Gasteiger partial charge in [0.1, 0.15) is 10.7 Å². The van der Waals surface area contributed by atoms with Crippen molar-refractivity contribution in [3.05, 3.63) is 74.9 Å². The largest absolute Gasteiger partial charge is 0.365 e. The molecule has 2 aromatic rings. The lowest BCUT2D eigenvalue weighted by Crippen LogP contribution is -2.22. The van der Waals surface area contributed by atoms with Crippen molar-refractivity contribution in [1.29, 1.82) is 0 Å². The molecule has 0 spiro atoms. The van der Waals surface area contributed by atoms with E-state index in [0.29, 0.717) is 11.1 Å². The van der Waals surface area contributed by atoms with Crippen LogP contribution in [-0.4, -0.2) is 14.3 Å². The number of benzene rings is 2. The molecule has 0 saturated heterocycles. The van der Waals surface area contributed by atoms with E-state index < -0.39 is 32.2 Å². The topological polar surface area (TPSA) is 77.2 Å². The third-order valence-electron chi connectivity index (χ3n) is 3.02. The molecule has 23 heavy (non-hydrogen) atoms. The van der Waals surface area contributed by atoms with Gasteiger partial charge < -0.3 is 5.73 Å². The Balaban J connectivity index is 2.37. The highest BCUT2D eigenvalue weighted by atomic mass is 79.9. The molecule has 2 rings (SSSR count). The number of halogens is 2. The first-order valence-corrected chi connectivity index (χ1v) is 8.97. The lowest BCUT2D eigenvalue weighted by atomic mass is 10.2. The molecule has 0 fully saturated rings. The van der Waals surface area contributed by atoms with Crippen LogP contribution in [0, 0.1) is 5.82 Å². The van der Waals surface area contributed by atoms with Crippen molar-refractivity contribution in [2.75, 3.05) is 0 Å². The van der Waals surface area contributed by atoms with Crippen molar-refractivity contribution in [2.45, 2.75) is 5.75 Å². The molecule has 0 aromatic heterocycles. The number of sulfone groups is 1. The van der Waals surface area contributed by atoms with E-state index in [4.69, 9.17) is 5.73 Å². The van der Waals surface area contributed by atoms with Gasteiger partial charge >= 0.3 is 0 Å². The molecule has 0 aliphatic rings. The summed E-state index contributed by atoms with van der Waals surface area (Å²) in [5, 5.41) is 0. The molecule has 120 valence electrons. The van der Waals surface area contributed by atoms with Crippen LogP contribution < -0.4 is 5.73 Å². The summed E-state index contributed by atoms with van der Waals surface area (Å²) in [6.45, 7) is 0. The molecule has 0 bridgehead atoms. The van der Waals surface area contributed by atoms with Crippen molar-refractivity contribution in [3.63, 3.8) is 0 Å². The average Bonchev–Trinajstić information content (AvgIpc) is 2.48. The normalized spacial score (nSPS) is 12.2. The van der Waals surface area contributed by atoms with E-state index in [1.807, 2.05) is 0 Å². The molecule has 2 aromatic carbocycles. The van der Waals surface area contributed by atoms with Gasteiger partial charge in [0.2, 0.25) is 0 Å². The van der Waals surface area contributed by atoms with Crippen molar-refractivity contribution in [2.24, 2.45) is 5.73 Å². The van der Waals surface area contributed by atoms with Gasteiger partial charge in [-0.25, -0.2) is 12.8 Å². The Morgan fingerprint density at radius 3 is 2.17 bits per heavy atom. The van der Waals surface area contributed by atoms with Crippen LogP contribution in [0.5, 0.6) is 0 Å². The molecule has 0 atom stereocenters. The highest BCUT2D eigenvalue weighted by Gasteiger charge is 2.23. The molecular formula is C16H13BrFNO3S. The molecule has 0 saturated carbocycles. The van der Waals surface area contributed by atoms with E-state index >= 15 is 0 Å². The Morgan fingerprint density at radius 1 is 1.09 bits per heavy atom.